The van der Waals surface area contributed by atoms with E-state index in [2.05, 4.69) is 53.8 Å². The fourth-order valence-electron chi connectivity index (χ4n) is 8.10. The van der Waals surface area contributed by atoms with Crippen LogP contribution < -0.4 is 0 Å². The molecule has 4 aliphatic rings. The van der Waals surface area contributed by atoms with E-state index in [4.69, 9.17) is 4.43 Å². The highest BCUT2D eigenvalue weighted by molar-refractivity contribution is 6.74. The summed E-state index contributed by atoms with van der Waals surface area (Å²) in [6.45, 7) is 18.6. The zero-order valence-electron chi connectivity index (χ0n) is 20.9. The van der Waals surface area contributed by atoms with Crippen molar-refractivity contribution in [3.63, 3.8) is 0 Å². The maximum absolute atomic E-state index is 12.4. The first-order chi connectivity index (χ1) is 13.8. The lowest BCUT2D eigenvalue weighted by atomic mass is 9.51. The number of allylic oxidation sites excluding steroid dienone is 1. The molecule has 0 aromatic heterocycles. The Morgan fingerprint density at radius 3 is 2.50 bits per heavy atom. The third-order valence-corrected chi connectivity index (χ3v) is 15.0. The van der Waals surface area contributed by atoms with Gasteiger partial charge in [-0.05, 0) is 105 Å². The first kappa shape index (κ1) is 22.8. The standard InChI is InChI=1S/C27H46O2Si/c1-17-15-24(18(2)28)27(6)14-13-22-21-12-10-20(29-30(7,8)26(3,4)5)16-19(21)9-11-23(22)25(17)27/h9,17,20-25H,10-16H2,1-8H3/t17?,20-,21?,22?,23?,24?,25?,27+/m0/s1. The third kappa shape index (κ3) is 3.60. The van der Waals surface area contributed by atoms with Gasteiger partial charge in [0.1, 0.15) is 5.78 Å². The lowest BCUT2D eigenvalue weighted by molar-refractivity contribution is -0.126. The highest BCUT2D eigenvalue weighted by atomic mass is 28.4. The molecule has 170 valence electrons. The number of ketones is 1. The van der Waals surface area contributed by atoms with Crippen LogP contribution in [0, 0.1) is 40.9 Å². The Balaban J connectivity index is 1.51. The molecule has 0 bridgehead atoms. The van der Waals surface area contributed by atoms with Gasteiger partial charge < -0.3 is 4.43 Å². The Morgan fingerprint density at radius 2 is 1.87 bits per heavy atom. The molecular weight excluding hydrogens is 384 g/mol. The largest absolute Gasteiger partial charge is 0.414 e. The SMILES string of the molecule is CC(=O)C1CC(C)C2C3CC=C4C[C@@H](O[Si](C)(C)C(C)(C)C)CCC4C3CC[C@]12C. The zero-order chi connectivity index (χ0) is 22.1. The average Bonchev–Trinajstić information content (AvgIpc) is 2.91. The fourth-order valence-corrected chi connectivity index (χ4v) is 9.49. The molecule has 0 spiro atoms. The zero-order valence-corrected chi connectivity index (χ0v) is 21.9. The van der Waals surface area contributed by atoms with Gasteiger partial charge in [0.05, 0.1) is 0 Å². The first-order valence-electron chi connectivity index (χ1n) is 12.7. The number of carbonyl (C=O) groups excluding carboxylic acids is 1. The van der Waals surface area contributed by atoms with Crippen molar-refractivity contribution in [2.75, 3.05) is 0 Å². The monoisotopic (exact) mass is 430 g/mol. The molecule has 3 saturated carbocycles. The van der Waals surface area contributed by atoms with Crippen molar-refractivity contribution < 1.29 is 9.22 Å². The minimum atomic E-state index is -1.70. The summed E-state index contributed by atoms with van der Waals surface area (Å²) in [5.74, 6) is 4.63. The molecule has 4 aliphatic carbocycles. The van der Waals surface area contributed by atoms with Crippen molar-refractivity contribution in [2.45, 2.75) is 111 Å². The smallest absolute Gasteiger partial charge is 0.192 e. The van der Waals surface area contributed by atoms with E-state index in [1.165, 1.54) is 38.5 Å². The minimum absolute atomic E-state index is 0.250. The van der Waals surface area contributed by atoms with Gasteiger partial charge in [0.25, 0.3) is 0 Å². The number of fused-ring (bicyclic) bond motifs is 5. The summed E-state index contributed by atoms with van der Waals surface area (Å²) in [4.78, 5) is 12.4. The summed E-state index contributed by atoms with van der Waals surface area (Å²) < 4.78 is 6.83. The van der Waals surface area contributed by atoms with Crippen molar-refractivity contribution in [3.8, 4) is 0 Å². The third-order valence-electron chi connectivity index (χ3n) is 10.5. The van der Waals surface area contributed by atoms with Gasteiger partial charge in [-0.1, -0.05) is 46.3 Å². The quantitative estimate of drug-likeness (QED) is 0.344. The Morgan fingerprint density at radius 1 is 1.17 bits per heavy atom. The van der Waals surface area contributed by atoms with E-state index in [1.54, 1.807) is 5.57 Å². The summed E-state index contributed by atoms with van der Waals surface area (Å²) in [5, 5.41) is 0.287. The maximum Gasteiger partial charge on any atom is 0.192 e. The average molecular weight is 431 g/mol. The van der Waals surface area contributed by atoms with Gasteiger partial charge in [-0.2, -0.15) is 0 Å². The Kier molecular flexibility index (Phi) is 5.75. The maximum atomic E-state index is 12.4. The van der Waals surface area contributed by atoms with Crippen LogP contribution >= 0.6 is 0 Å². The molecule has 30 heavy (non-hydrogen) atoms. The van der Waals surface area contributed by atoms with Gasteiger partial charge in [0, 0.05) is 12.0 Å². The number of carbonyl (C=O) groups is 1. The molecular formula is C27H46O2Si. The van der Waals surface area contributed by atoms with E-state index < -0.39 is 8.32 Å². The second-order valence-electron chi connectivity index (χ2n) is 13.2. The lowest BCUT2D eigenvalue weighted by Gasteiger charge is -2.54. The molecule has 6 unspecified atom stereocenters. The molecule has 0 heterocycles. The Labute approximate surface area is 186 Å². The van der Waals surface area contributed by atoms with Crippen LogP contribution in [0.1, 0.15) is 86.5 Å². The van der Waals surface area contributed by atoms with E-state index in [-0.39, 0.29) is 10.5 Å². The van der Waals surface area contributed by atoms with Gasteiger partial charge in [0.2, 0.25) is 0 Å². The van der Waals surface area contributed by atoms with Crippen LogP contribution in [0.2, 0.25) is 18.1 Å². The Bertz CT molecular complexity index is 717. The van der Waals surface area contributed by atoms with Crippen LogP contribution in [0.5, 0.6) is 0 Å². The van der Waals surface area contributed by atoms with Crippen molar-refractivity contribution in [3.05, 3.63) is 11.6 Å². The predicted molar refractivity (Wildman–Crippen MR) is 128 cm³/mol. The number of hydrogen-bond donors (Lipinski definition) is 0. The molecule has 0 aromatic carbocycles. The molecule has 4 rings (SSSR count). The molecule has 0 N–H and O–H groups in total. The molecule has 0 amide bonds. The van der Waals surface area contributed by atoms with Crippen molar-refractivity contribution >= 4 is 14.1 Å². The lowest BCUT2D eigenvalue weighted by Crippen LogP contribution is -2.49. The van der Waals surface area contributed by atoms with Gasteiger partial charge in [-0.25, -0.2) is 0 Å². The van der Waals surface area contributed by atoms with Gasteiger partial charge in [-0.15, -0.1) is 0 Å². The van der Waals surface area contributed by atoms with E-state index in [1.807, 2.05) is 6.92 Å². The van der Waals surface area contributed by atoms with Crippen molar-refractivity contribution in [1.29, 1.82) is 0 Å². The van der Waals surface area contributed by atoms with Crippen LogP contribution in [0.4, 0.5) is 0 Å². The highest BCUT2D eigenvalue weighted by Gasteiger charge is 2.59. The number of hydrogen-bond acceptors (Lipinski definition) is 2. The summed E-state index contributed by atoms with van der Waals surface area (Å²) in [5.41, 5.74) is 1.98. The van der Waals surface area contributed by atoms with Crippen LogP contribution in [0.3, 0.4) is 0 Å². The predicted octanol–water partition coefficient (Wildman–Crippen LogP) is 7.40. The van der Waals surface area contributed by atoms with Crippen LogP contribution in [-0.4, -0.2) is 20.2 Å². The van der Waals surface area contributed by atoms with Crippen LogP contribution in [-0.2, 0) is 9.22 Å². The first-order valence-corrected chi connectivity index (χ1v) is 15.6. The fraction of sp³-hybridized carbons (Fsp3) is 0.889. The van der Waals surface area contributed by atoms with Crippen LogP contribution in [0.25, 0.3) is 0 Å². The summed E-state index contributed by atoms with van der Waals surface area (Å²) in [7, 11) is -1.70. The molecule has 3 fully saturated rings. The normalized spacial score (nSPS) is 44.0. The molecule has 0 aliphatic heterocycles. The second-order valence-corrected chi connectivity index (χ2v) is 17.9. The number of rotatable bonds is 3. The highest BCUT2D eigenvalue weighted by Crippen LogP contribution is 2.65. The molecule has 3 heteroatoms. The summed E-state index contributed by atoms with van der Waals surface area (Å²) in [6.07, 6.45) is 11.8. The Hall–Kier alpha value is -0.413. The van der Waals surface area contributed by atoms with E-state index in [0.717, 1.165) is 30.1 Å². The van der Waals surface area contributed by atoms with E-state index >= 15 is 0 Å². The summed E-state index contributed by atoms with van der Waals surface area (Å²) in [6, 6.07) is 0. The number of Topliss-reactive ketones (excluding diaryl/α,β-unsaturated/α-hetero) is 1. The van der Waals surface area contributed by atoms with E-state index in [0.29, 0.717) is 23.7 Å². The minimum Gasteiger partial charge on any atom is -0.414 e. The topological polar surface area (TPSA) is 26.3 Å². The molecule has 2 nitrogen and oxygen atoms in total. The van der Waals surface area contributed by atoms with Crippen LogP contribution in [0.15, 0.2) is 11.6 Å². The van der Waals surface area contributed by atoms with Crippen molar-refractivity contribution in [1.82, 2.24) is 0 Å². The molecule has 0 radical (unpaired) electrons. The summed E-state index contributed by atoms with van der Waals surface area (Å²) >= 11 is 0. The van der Waals surface area contributed by atoms with Gasteiger partial charge in [-0.3, -0.25) is 4.79 Å². The van der Waals surface area contributed by atoms with E-state index in [9.17, 15) is 4.79 Å². The van der Waals surface area contributed by atoms with Gasteiger partial charge >= 0.3 is 0 Å². The van der Waals surface area contributed by atoms with Gasteiger partial charge in [0.15, 0.2) is 8.32 Å². The molecule has 8 atom stereocenters. The van der Waals surface area contributed by atoms with Crippen molar-refractivity contribution in [2.24, 2.45) is 40.9 Å². The second kappa shape index (κ2) is 7.58. The molecule has 0 aromatic rings. The molecule has 0 saturated heterocycles.